The Morgan fingerprint density at radius 3 is 1.31 bits per heavy atom. The number of carbonyl (C=O) groups excluding carboxylic acids is 2. The molecule has 8 nitrogen and oxygen atoms in total. The molecule has 0 aliphatic carbocycles. The van der Waals surface area contributed by atoms with E-state index in [-0.39, 0.29) is 11.9 Å². The molecule has 39 heavy (non-hydrogen) atoms. The molecule has 0 amide bonds. The van der Waals surface area contributed by atoms with Crippen LogP contribution in [0.1, 0.15) is 40.5 Å². The standard InChI is InChI=1S/C24H48O8S4Si3/c1-11-27-23(33)35-19(3)21(25)29-15-13-17-37(5,6)31-39(9,10)32-38(7,8)18-14-16-30-22(26)20(4)36-24(34)28-12-2/h19-20H,11-18H2,1-10H3. The summed E-state index contributed by atoms with van der Waals surface area (Å²) in [5.41, 5.74) is 0. The van der Waals surface area contributed by atoms with Crippen molar-refractivity contribution in [1.29, 1.82) is 0 Å². The zero-order valence-electron chi connectivity index (χ0n) is 25.2. The highest BCUT2D eigenvalue weighted by atomic mass is 32.2. The molecule has 0 saturated heterocycles. The number of thioether (sulfide) groups is 2. The third-order valence-corrected chi connectivity index (χ3v) is 19.1. The van der Waals surface area contributed by atoms with Gasteiger partial charge in [0.05, 0.1) is 26.4 Å². The summed E-state index contributed by atoms with van der Waals surface area (Å²) in [5, 5.41) is -0.802. The minimum Gasteiger partial charge on any atom is -0.479 e. The van der Waals surface area contributed by atoms with E-state index in [1.807, 2.05) is 13.8 Å². The molecule has 0 rings (SSSR count). The van der Waals surface area contributed by atoms with Crippen molar-refractivity contribution in [2.75, 3.05) is 26.4 Å². The Morgan fingerprint density at radius 1 is 0.667 bits per heavy atom. The van der Waals surface area contributed by atoms with Crippen molar-refractivity contribution in [3.63, 3.8) is 0 Å². The van der Waals surface area contributed by atoms with Crippen LogP contribution in [0.2, 0.25) is 51.4 Å². The maximum Gasteiger partial charge on any atom is 0.319 e. The van der Waals surface area contributed by atoms with Crippen molar-refractivity contribution >= 4 is 93.9 Å². The smallest absolute Gasteiger partial charge is 0.319 e. The summed E-state index contributed by atoms with van der Waals surface area (Å²) in [5.74, 6) is -0.581. The lowest BCUT2D eigenvalue weighted by molar-refractivity contribution is -0.143. The zero-order valence-corrected chi connectivity index (χ0v) is 31.5. The van der Waals surface area contributed by atoms with Crippen molar-refractivity contribution in [2.24, 2.45) is 0 Å². The second kappa shape index (κ2) is 19.2. The van der Waals surface area contributed by atoms with E-state index in [9.17, 15) is 9.59 Å². The molecule has 0 fully saturated rings. The number of ether oxygens (including phenoxy) is 4. The van der Waals surface area contributed by atoms with Crippen LogP contribution < -0.4 is 0 Å². The molecule has 0 aromatic heterocycles. The quantitative estimate of drug-likeness (QED) is 0.0656. The topological polar surface area (TPSA) is 89.5 Å². The molecule has 2 unspecified atom stereocenters. The molecule has 228 valence electrons. The SMILES string of the molecule is CCOC(=S)SC(C)C(=O)OCCC[Si](C)(C)O[Si](C)(C)O[Si](C)(C)CCCOC(=O)C(C)SC(=S)OCC. The Balaban J connectivity index is 4.46. The van der Waals surface area contributed by atoms with Crippen LogP contribution in [0.3, 0.4) is 0 Å². The Morgan fingerprint density at radius 2 is 1.00 bits per heavy atom. The van der Waals surface area contributed by atoms with Gasteiger partial charge in [-0.05, 0) is 116 Å². The second-order valence-corrected chi connectivity index (χ2v) is 26.9. The highest BCUT2D eigenvalue weighted by molar-refractivity contribution is 8.23. The van der Waals surface area contributed by atoms with E-state index in [1.165, 1.54) is 23.5 Å². The second-order valence-electron chi connectivity index (χ2n) is 10.6. The monoisotopic (exact) mass is 676 g/mol. The summed E-state index contributed by atoms with van der Waals surface area (Å²) in [6, 6.07) is 1.72. The van der Waals surface area contributed by atoms with Gasteiger partial charge < -0.3 is 27.2 Å². The highest BCUT2D eigenvalue weighted by Gasteiger charge is 2.39. The van der Waals surface area contributed by atoms with E-state index >= 15 is 0 Å². The van der Waals surface area contributed by atoms with Crippen molar-refractivity contribution < 1.29 is 36.8 Å². The molecule has 0 aliphatic heterocycles. The maximum absolute atomic E-state index is 12.2. The predicted octanol–water partition coefficient (Wildman–Crippen LogP) is 6.88. The van der Waals surface area contributed by atoms with Crippen molar-refractivity contribution in [1.82, 2.24) is 0 Å². The van der Waals surface area contributed by atoms with E-state index in [1.54, 1.807) is 13.8 Å². The molecular formula is C24H48O8S4Si3. The molecule has 0 radical (unpaired) electrons. The molecule has 2 atom stereocenters. The molecule has 15 heteroatoms. The van der Waals surface area contributed by atoms with Gasteiger partial charge in [0, 0.05) is 0 Å². The number of hydrogen-bond donors (Lipinski definition) is 0. The van der Waals surface area contributed by atoms with Gasteiger partial charge in [0.2, 0.25) is 8.77 Å². The van der Waals surface area contributed by atoms with E-state index in [0.717, 1.165) is 24.9 Å². The average Bonchev–Trinajstić information content (AvgIpc) is 2.77. The number of hydrogen-bond acceptors (Lipinski definition) is 12. The first-order valence-corrected chi connectivity index (χ1v) is 25.0. The molecule has 0 saturated carbocycles. The van der Waals surface area contributed by atoms with E-state index in [4.69, 9.17) is 51.6 Å². The van der Waals surface area contributed by atoms with Gasteiger partial charge >= 0.3 is 20.5 Å². The first-order chi connectivity index (χ1) is 17.9. The van der Waals surface area contributed by atoms with E-state index in [0.29, 0.717) is 35.2 Å². The average molecular weight is 677 g/mol. The third-order valence-electron chi connectivity index (χ3n) is 5.11. The number of carbonyl (C=O) groups is 2. The van der Waals surface area contributed by atoms with Crippen LogP contribution in [0.4, 0.5) is 0 Å². The summed E-state index contributed by atoms with van der Waals surface area (Å²) in [6.45, 7) is 21.8. The maximum atomic E-state index is 12.2. The van der Waals surface area contributed by atoms with Crippen LogP contribution in [0, 0.1) is 0 Å². The number of esters is 2. The lowest BCUT2D eigenvalue weighted by Crippen LogP contribution is -2.52. The van der Waals surface area contributed by atoms with Crippen LogP contribution in [0.25, 0.3) is 0 Å². The number of thiocarbonyl (C=S) groups is 2. The molecule has 0 spiro atoms. The van der Waals surface area contributed by atoms with Crippen LogP contribution in [0.15, 0.2) is 0 Å². The largest absolute Gasteiger partial charge is 0.479 e. The van der Waals surface area contributed by atoms with Crippen LogP contribution in [-0.4, -0.2) is 82.8 Å². The first-order valence-electron chi connectivity index (χ1n) is 13.3. The van der Waals surface area contributed by atoms with E-state index in [2.05, 4.69) is 39.3 Å². The molecule has 0 aliphatic rings. The summed E-state index contributed by atoms with van der Waals surface area (Å²) >= 11 is 12.6. The van der Waals surface area contributed by atoms with Crippen LogP contribution in [0.5, 0.6) is 0 Å². The fourth-order valence-electron chi connectivity index (χ4n) is 3.72. The Hall–Kier alpha value is -0.00935. The Bertz CT molecular complexity index is 737. The van der Waals surface area contributed by atoms with Gasteiger partial charge in [-0.1, -0.05) is 23.5 Å². The minimum absolute atomic E-state index is 0.291. The van der Waals surface area contributed by atoms with Gasteiger partial charge in [-0.25, -0.2) is 0 Å². The summed E-state index contributed by atoms with van der Waals surface area (Å²) < 4.78 is 35.3. The van der Waals surface area contributed by atoms with Gasteiger partial charge in [-0.2, -0.15) is 0 Å². The van der Waals surface area contributed by atoms with Crippen LogP contribution >= 0.6 is 48.0 Å². The Kier molecular flexibility index (Phi) is 19.2. The van der Waals surface area contributed by atoms with Crippen molar-refractivity contribution in [2.45, 2.75) is 102 Å². The first kappa shape index (κ1) is 39.0. The van der Waals surface area contributed by atoms with Crippen LogP contribution in [-0.2, 0) is 36.8 Å². The van der Waals surface area contributed by atoms with Gasteiger partial charge in [0.1, 0.15) is 10.5 Å². The summed E-state index contributed by atoms with van der Waals surface area (Å²) in [7, 11) is -6.44. The fraction of sp³-hybridized carbons (Fsp3) is 0.833. The van der Waals surface area contributed by atoms with Crippen molar-refractivity contribution in [3.8, 4) is 0 Å². The van der Waals surface area contributed by atoms with Gasteiger partial charge in [0.15, 0.2) is 16.6 Å². The Labute approximate surface area is 258 Å². The molecular weight excluding hydrogens is 629 g/mol. The lowest BCUT2D eigenvalue weighted by atomic mass is 10.5. The summed E-state index contributed by atoms with van der Waals surface area (Å²) in [4.78, 5) is 24.4. The molecule has 0 aromatic rings. The van der Waals surface area contributed by atoms with Crippen molar-refractivity contribution in [3.05, 3.63) is 0 Å². The normalized spacial score (nSPS) is 13.8. The fourth-order valence-corrected chi connectivity index (χ4v) is 20.1. The molecule has 0 bridgehead atoms. The molecule has 0 N–H and O–H groups in total. The molecule has 0 heterocycles. The summed E-state index contributed by atoms with van der Waals surface area (Å²) in [6.07, 6.45) is 1.47. The van der Waals surface area contributed by atoms with E-state index < -0.39 is 35.7 Å². The van der Waals surface area contributed by atoms with Gasteiger partial charge in [0.25, 0.3) is 0 Å². The zero-order chi connectivity index (χ0) is 30.3. The highest BCUT2D eigenvalue weighted by Crippen LogP contribution is 2.26. The predicted molar refractivity (Wildman–Crippen MR) is 178 cm³/mol. The molecule has 0 aromatic carbocycles. The third kappa shape index (κ3) is 19.7. The minimum atomic E-state index is -2.38. The lowest BCUT2D eigenvalue weighted by Gasteiger charge is -2.38. The van der Waals surface area contributed by atoms with Gasteiger partial charge in [-0.15, -0.1) is 0 Å². The van der Waals surface area contributed by atoms with Gasteiger partial charge in [-0.3, -0.25) is 9.59 Å². The number of rotatable bonds is 18.